The van der Waals surface area contributed by atoms with Gasteiger partial charge in [0.15, 0.2) is 0 Å². The Hall–Kier alpha value is -1.92. The number of hydrogen-bond acceptors (Lipinski definition) is 4. The first-order valence-corrected chi connectivity index (χ1v) is 6.77. The van der Waals surface area contributed by atoms with Crippen molar-refractivity contribution in [2.24, 2.45) is 0 Å². The van der Waals surface area contributed by atoms with Crippen LogP contribution in [0, 0.1) is 6.92 Å². The van der Waals surface area contributed by atoms with Crippen molar-refractivity contribution in [3.63, 3.8) is 0 Å². The van der Waals surface area contributed by atoms with Crippen molar-refractivity contribution in [3.05, 3.63) is 45.9 Å². The number of benzene rings is 1. The molecule has 19 heavy (non-hydrogen) atoms. The lowest BCUT2D eigenvalue weighted by Gasteiger charge is -2.00. The number of carbonyl (C=O) groups is 1. The van der Waals surface area contributed by atoms with Crippen LogP contribution in [0.25, 0.3) is 4.96 Å². The molecular weight excluding hydrogens is 284 g/mol. The van der Waals surface area contributed by atoms with Crippen LogP contribution in [0.1, 0.15) is 16.1 Å². The zero-order chi connectivity index (χ0) is 13.4. The number of hydrogen-bond donors (Lipinski definition) is 1. The maximum absolute atomic E-state index is 12.0. The highest BCUT2D eigenvalue weighted by Gasteiger charge is 2.11. The molecule has 1 N–H and O–H groups in total. The summed E-state index contributed by atoms with van der Waals surface area (Å²) in [5.74, 6) is 0.0440. The number of carbonyl (C=O) groups excluding carboxylic acids is 1. The zero-order valence-corrected chi connectivity index (χ0v) is 11.5. The van der Waals surface area contributed by atoms with E-state index in [0.29, 0.717) is 16.5 Å². The molecular formula is C12H9ClN4OS. The fourth-order valence-electron chi connectivity index (χ4n) is 1.62. The van der Waals surface area contributed by atoms with Crippen molar-refractivity contribution in [2.75, 3.05) is 5.32 Å². The number of nitrogens with zero attached hydrogens (tertiary/aromatic N) is 3. The number of nitrogens with one attached hydrogen (secondary N) is 1. The van der Waals surface area contributed by atoms with Crippen molar-refractivity contribution in [2.45, 2.75) is 6.92 Å². The van der Waals surface area contributed by atoms with Gasteiger partial charge in [0, 0.05) is 16.0 Å². The molecule has 0 radical (unpaired) electrons. The van der Waals surface area contributed by atoms with Gasteiger partial charge in [0.05, 0.1) is 5.69 Å². The average molecular weight is 293 g/mol. The molecule has 0 aliphatic carbocycles. The Bertz CT molecular complexity index is 747. The molecule has 0 spiro atoms. The monoisotopic (exact) mass is 292 g/mol. The second kappa shape index (κ2) is 4.64. The van der Waals surface area contributed by atoms with E-state index in [1.54, 1.807) is 28.8 Å². The highest BCUT2D eigenvalue weighted by atomic mass is 35.5. The average Bonchev–Trinajstić information content (AvgIpc) is 2.93. The summed E-state index contributed by atoms with van der Waals surface area (Å²) < 4.78 is 1.70. The van der Waals surface area contributed by atoms with E-state index in [-0.39, 0.29) is 5.91 Å². The van der Waals surface area contributed by atoms with Gasteiger partial charge in [-0.05, 0) is 31.2 Å². The van der Waals surface area contributed by atoms with E-state index in [9.17, 15) is 4.79 Å². The van der Waals surface area contributed by atoms with Gasteiger partial charge in [-0.25, -0.2) is 4.52 Å². The Morgan fingerprint density at radius 2 is 2.11 bits per heavy atom. The van der Waals surface area contributed by atoms with Gasteiger partial charge in [0.2, 0.25) is 4.96 Å². The van der Waals surface area contributed by atoms with Crippen molar-refractivity contribution in [3.8, 4) is 0 Å². The Kier molecular flexibility index (Phi) is 2.96. The topological polar surface area (TPSA) is 59.3 Å². The third-order valence-corrected chi connectivity index (χ3v) is 3.76. The smallest absolute Gasteiger partial charge is 0.258 e. The number of thiazole rings is 1. The van der Waals surface area contributed by atoms with Crippen molar-refractivity contribution >= 4 is 39.8 Å². The molecule has 0 aliphatic rings. The molecule has 0 saturated carbocycles. The van der Waals surface area contributed by atoms with Crippen LogP contribution in [0.5, 0.6) is 0 Å². The molecule has 3 aromatic rings. The summed E-state index contributed by atoms with van der Waals surface area (Å²) >= 11 is 7.25. The zero-order valence-electron chi connectivity index (χ0n) is 9.92. The first kappa shape index (κ1) is 12.1. The Balaban J connectivity index is 1.84. The second-order valence-corrected chi connectivity index (χ2v) is 5.24. The van der Waals surface area contributed by atoms with Gasteiger partial charge >= 0.3 is 0 Å². The van der Waals surface area contributed by atoms with E-state index in [1.165, 1.54) is 11.3 Å². The molecule has 3 rings (SSSR count). The quantitative estimate of drug-likeness (QED) is 0.790. The standard InChI is InChI=1S/C12H9ClN4OS/c1-7-6-19-12-15-11(16-17(7)12)14-10(18)8-2-4-9(13)5-3-8/h2-6H,1H3,(H,14,16,18). The molecule has 2 heterocycles. The lowest BCUT2D eigenvalue weighted by Crippen LogP contribution is -2.13. The van der Waals surface area contributed by atoms with Gasteiger partial charge in [-0.1, -0.05) is 11.6 Å². The third kappa shape index (κ3) is 2.32. The van der Waals surface area contributed by atoms with Gasteiger partial charge < -0.3 is 0 Å². The SMILES string of the molecule is Cc1csc2nc(NC(=O)c3ccc(Cl)cc3)nn12. The largest absolute Gasteiger partial charge is 0.289 e. The fourth-order valence-corrected chi connectivity index (χ4v) is 2.55. The third-order valence-electron chi connectivity index (χ3n) is 2.58. The van der Waals surface area contributed by atoms with Crippen molar-refractivity contribution in [1.29, 1.82) is 0 Å². The predicted octanol–water partition coefficient (Wildman–Crippen LogP) is 3.00. The lowest BCUT2D eigenvalue weighted by molar-refractivity contribution is 0.102. The first-order chi connectivity index (χ1) is 9.13. The fraction of sp³-hybridized carbons (Fsp3) is 0.0833. The highest BCUT2D eigenvalue weighted by molar-refractivity contribution is 7.15. The molecule has 7 heteroatoms. The Morgan fingerprint density at radius 3 is 2.79 bits per heavy atom. The Morgan fingerprint density at radius 1 is 1.37 bits per heavy atom. The summed E-state index contributed by atoms with van der Waals surface area (Å²) in [6.07, 6.45) is 0. The molecule has 0 unspecified atom stereocenters. The van der Waals surface area contributed by atoms with E-state index in [2.05, 4.69) is 15.4 Å². The van der Waals surface area contributed by atoms with Crippen LogP contribution in [0.4, 0.5) is 5.95 Å². The molecule has 0 atom stereocenters. The van der Waals surface area contributed by atoms with Gasteiger partial charge in [0.25, 0.3) is 11.9 Å². The molecule has 96 valence electrons. The molecule has 1 amide bonds. The number of rotatable bonds is 2. The van der Waals surface area contributed by atoms with E-state index >= 15 is 0 Å². The molecule has 0 aliphatic heterocycles. The van der Waals surface area contributed by atoms with Gasteiger partial charge in [-0.2, -0.15) is 4.98 Å². The van der Waals surface area contributed by atoms with Crippen LogP contribution in [0.15, 0.2) is 29.6 Å². The molecule has 0 bridgehead atoms. The van der Waals surface area contributed by atoms with E-state index in [1.807, 2.05) is 12.3 Å². The molecule has 0 fully saturated rings. The molecule has 1 aromatic carbocycles. The van der Waals surface area contributed by atoms with E-state index in [0.717, 1.165) is 10.7 Å². The first-order valence-electron chi connectivity index (χ1n) is 5.51. The van der Waals surface area contributed by atoms with Gasteiger partial charge in [-0.3, -0.25) is 10.1 Å². The number of amides is 1. The van der Waals surface area contributed by atoms with Crippen LogP contribution in [-0.4, -0.2) is 20.5 Å². The van der Waals surface area contributed by atoms with E-state index < -0.39 is 0 Å². The molecule has 0 saturated heterocycles. The van der Waals surface area contributed by atoms with Gasteiger partial charge in [-0.15, -0.1) is 16.4 Å². The van der Waals surface area contributed by atoms with Crippen LogP contribution in [0.2, 0.25) is 5.02 Å². The minimum Gasteiger partial charge on any atom is -0.289 e. The summed E-state index contributed by atoms with van der Waals surface area (Å²) in [5, 5.41) is 9.42. The number of halogens is 1. The number of anilines is 1. The van der Waals surface area contributed by atoms with Crippen molar-refractivity contribution < 1.29 is 4.79 Å². The number of fused-ring (bicyclic) bond motifs is 1. The van der Waals surface area contributed by atoms with Crippen LogP contribution in [-0.2, 0) is 0 Å². The predicted molar refractivity (Wildman–Crippen MR) is 75.0 cm³/mol. The van der Waals surface area contributed by atoms with E-state index in [4.69, 9.17) is 11.6 Å². The minimum absolute atomic E-state index is 0.257. The molecule has 2 aromatic heterocycles. The summed E-state index contributed by atoms with van der Waals surface area (Å²) in [4.78, 5) is 17.0. The highest BCUT2D eigenvalue weighted by Crippen LogP contribution is 2.16. The summed E-state index contributed by atoms with van der Waals surface area (Å²) in [6.45, 7) is 1.93. The maximum atomic E-state index is 12.0. The summed E-state index contributed by atoms with van der Waals surface area (Å²) in [7, 11) is 0. The molecule has 5 nitrogen and oxygen atoms in total. The summed E-state index contributed by atoms with van der Waals surface area (Å²) in [6, 6.07) is 6.64. The second-order valence-electron chi connectivity index (χ2n) is 3.97. The van der Waals surface area contributed by atoms with Crippen LogP contribution < -0.4 is 5.32 Å². The summed E-state index contributed by atoms with van der Waals surface area (Å²) in [5.41, 5.74) is 1.50. The Labute approximate surface area is 117 Å². The van der Waals surface area contributed by atoms with Gasteiger partial charge in [0.1, 0.15) is 0 Å². The number of aryl methyl sites for hydroxylation is 1. The minimum atomic E-state index is -0.257. The van der Waals surface area contributed by atoms with Crippen LogP contribution >= 0.6 is 22.9 Å². The normalized spacial score (nSPS) is 10.8. The maximum Gasteiger partial charge on any atom is 0.258 e. The van der Waals surface area contributed by atoms with Crippen molar-refractivity contribution in [1.82, 2.24) is 14.6 Å². The van der Waals surface area contributed by atoms with Crippen LogP contribution in [0.3, 0.4) is 0 Å². The lowest BCUT2D eigenvalue weighted by atomic mass is 10.2. The number of aromatic nitrogens is 3.